The van der Waals surface area contributed by atoms with Crippen LogP contribution in [0.5, 0.6) is 0 Å². The number of nitrogens with one attached hydrogen (secondary N) is 1. The molecule has 1 aromatic rings. The van der Waals surface area contributed by atoms with Crippen LogP contribution in [0.3, 0.4) is 0 Å². The molecule has 1 atom stereocenters. The molecule has 166 valence electrons. The first kappa shape index (κ1) is 27.1. The van der Waals surface area contributed by atoms with Crippen molar-refractivity contribution in [2.24, 2.45) is 0 Å². The van der Waals surface area contributed by atoms with Crippen LogP contribution in [0, 0.1) is 0 Å². The summed E-state index contributed by atoms with van der Waals surface area (Å²) < 4.78 is 5.94. The van der Waals surface area contributed by atoms with E-state index >= 15 is 0 Å². The number of fused-ring (bicyclic) bond motifs is 1. The summed E-state index contributed by atoms with van der Waals surface area (Å²) in [7, 11) is 5.34. The molecule has 0 aromatic heterocycles. The zero-order chi connectivity index (χ0) is 22.4. The number of ether oxygens (including phenoxy) is 1. The number of amides is 3. The molecule has 29 heavy (non-hydrogen) atoms. The first-order chi connectivity index (χ1) is 13.9. The minimum absolute atomic E-state index is 0.0728. The highest BCUT2D eigenvalue weighted by atomic mass is 16.5. The van der Waals surface area contributed by atoms with Gasteiger partial charge in [0.25, 0.3) is 5.91 Å². The topological polar surface area (TPSA) is 61.9 Å². The molecule has 3 amide bonds. The van der Waals surface area contributed by atoms with Crippen molar-refractivity contribution in [3.05, 3.63) is 34.9 Å². The van der Waals surface area contributed by atoms with Gasteiger partial charge in [-0.2, -0.15) is 0 Å². The highest BCUT2D eigenvalue weighted by molar-refractivity contribution is 6.04. The maximum atomic E-state index is 12.2. The number of rotatable bonds is 6. The average Bonchev–Trinajstić information content (AvgIpc) is 2.74. The fourth-order valence-corrected chi connectivity index (χ4v) is 3.03. The molecule has 1 aliphatic heterocycles. The maximum Gasteiger partial charge on any atom is 0.323 e. The Labute approximate surface area is 177 Å². The number of carbonyl (C=O) groups is 2. The summed E-state index contributed by atoms with van der Waals surface area (Å²) in [6.07, 6.45) is 2.94. The fourth-order valence-electron chi connectivity index (χ4n) is 3.03. The van der Waals surface area contributed by atoms with Crippen molar-refractivity contribution in [2.45, 2.75) is 60.0 Å². The minimum Gasteiger partial charge on any atom is -0.373 e. The molecular weight excluding hydrogens is 366 g/mol. The number of urea groups is 1. The highest BCUT2D eigenvalue weighted by Crippen LogP contribution is 2.30. The molecular formula is C23H41N3O3. The monoisotopic (exact) mass is 407 g/mol. The Morgan fingerprint density at radius 2 is 1.76 bits per heavy atom. The second-order valence-electron chi connectivity index (χ2n) is 6.77. The Bertz CT molecular complexity index is 617. The van der Waals surface area contributed by atoms with Crippen molar-refractivity contribution < 1.29 is 14.3 Å². The molecule has 1 aromatic carbocycles. The van der Waals surface area contributed by atoms with Crippen LogP contribution >= 0.6 is 0 Å². The summed E-state index contributed by atoms with van der Waals surface area (Å²) in [5, 5.41) is 2.38. The lowest BCUT2D eigenvalue weighted by molar-refractivity contribution is 0.0309. The predicted molar refractivity (Wildman–Crippen MR) is 120 cm³/mol. The number of hydrogen-bond donors (Lipinski definition) is 1. The van der Waals surface area contributed by atoms with E-state index < -0.39 is 6.03 Å². The first-order valence-electron chi connectivity index (χ1n) is 10.9. The van der Waals surface area contributed by atoms with Crippen LogP contribution in [0.1, 0.15) is 75.0 Å². The van der Waals surface area contributed by atoms with Gasteiger partial charge in [0.15, 0.2) is 0 Å². The third-order valence-corrected chi connectivity index (χ3v) is 4.45. The molecule has 1 unspecified atom stereocenters. The fraction of sp³-hybridized carbons (Fsp3) is 0.652. The summed E-state index contributed by atoms with van der Waals surface area (Å²) in [6, 6.07) is 5.21. The van der Waals surface area contributed by atoms with Crippen LogP contribution in [0.2, 0.25) is 0 Å². The van der Waals surface area contributed by atoms with Gasteiger partial charge in [-0.1, -0.05) is 40.7 Å². The summed E-state index contributed by atoms with van der Waals surface area (Å²) >= 11 is 0. The molecule has 6 heteroatoms. The standard InChI is InChI=1S/C19H29N3O3.2C2H6/c1-5-10-22(4)11-8-17-16-7-6-15(13-14(16)9-12-25-17)18(23)20-19(24)21(2)3;2*1-2/h6-7,13,17H,5,8-12H2,1-4H3,(H,20,23,24);2*1-2H3. The van der Waals surface area contributed by atoms with E-state index in [4.69, 9.17) is 4.74 Å². The third-order valence-electron chi connectivity index (χ3n) is 4.45. The van der Waals surface area contributed by atoms with Gasteiger partial charge in [-0.25, -0.2) is 4.79 Å². The Kier molecular flexibility index (Phi) is 14.0. The molecule has 0 bridgehead atoms. The van der Waals surface area contributed by atoms with Crippen molar-refractivity contribution in [3.8, 4) is 0 Å². The predicted octanol–water partition coefficient (Wildman–Crippen LogP) is 4.50. The number of nitrogens with zero attached hydrogens (tertiary/aromatic N) is 2. The number of carbonyl (C=O) groups excluding carboxylic acids is 2. The van der Waals surface area contributed by atoms with Gasteiger partial charge in [-0.05, 0) is 56.1 Å². The Balaban J connectivity index is 0.00000184. The van der Waals surface area contributed by atoms with Gasteiger partial charge in [-0.3, -0.25) is 10.1 Å². The van der Waals surface area contributed by atoms with Gasteiger partial charge >= 0.3 is 6.03 Å². The van der Waals surface area contributed by atoms with Crippen molar-refractivity contribution in [2.75, 3.05) is 40.8 Å². The second kappa shape index (κ2) is 15.0. The first-order valence-corrected chi connectivity index (χ1v) is 10.9. The molecule has 6 nitrogen and oxygen atoms in total. The van der Waals surface area contributed by atoms with Gasteiger partial charge in [-0.15, -0.1) is 0 Å². The maximum absolute atomic E-state index is 12.2. The number of hydrogen-bond acceptors (Lipinski definition) is 4. The van der Waals surface area contributed by atoms with Crippen molar-refractivity contribution in [1.82, 2.24) is 15.1 Å². The Hall–Kier alpha value is -1.92. The van der Waals surface area contributed by atoms with E-state index in [1.54, 1.807) is 20.2 Å². The van der Waals surface area contributed by atoms with Gasteiger partial charge in [0.1, 0.15) is 0 Å². The lowest BCUT2D eigenvalue weighted by atomic mass is 9.93. The molecule has 0 spiro atoms. The molecule has 2 rings (SSSR count). The molecule has 0 fully saturated rings. The van der Waals surface area contributed by atoms with E-state index in [2.05, 4.69) is 24.2 Å². The summed E-state index contributed by atoms with van der Waals surface area (Å²) in [5.74, 6) is -0.368. The summed E-state index contributed by atoms with van der Waals surface area (Å²) in [6.45, 7) is 12.9. The summed E-state index contributed by atoms with van der Waals surface area (Å²) in [4.78, 5) is 27.5. The normalized spacial score (nSPS) is 14.6. The van der Waals surface area contributed by atoms with E-state index in [0.29, 0.717) is 12.2 Å². The lowest BCUT2D eigenvalue weighted by Gasteiger charge is -2.28. The van der Waals surface area contributed by atoms with Crippen molar-refractivity contribution in [1.29, 1.82) is 0 Å². The molecule has 0 saturated carbocycles. The zero-order valence-corrected chi connectivity index (χ0v) is 19.7. The minimum atomic E-state index is -0.414. The molecule has 0 radical (unpaired) electrons. The van der Waals surface area contributed by atoms with E-state index in [1.807, 2.05) is 39.8 Å². The highest BCUT2D eigenvalue weighted by Gasteiger charge is 2.22. The smallest absolute Gasteiger partial charge is 0.323 e. The van der Waals surface area contributed by atoms with E-state index in [-0.39, 0.29) is 12.0 Å². The van der Waals surface area contributed by atoms with Crippen LogP contribution in [-0.4, -0.2) is 62.6 Å². The number of imide groups is 1. The van der Waals surface area contributed by atoms with Crippen LogP contribution in [0.15, 0.2) is 18.2 Å². The van der Waals surface area contributed by atoms with Crippen LogP contribution in [-0.2, 0) is 11.2 Å². The molecule has 0 saturated heterocycles. The molecule has 1 aliphatic rings. The quantitative estimate of drug-likeness (QED) is 0.754. The van der Waals surface area contributed by atoms with Gasteiger partial charge < -0.3 is 14.5 Å². The van der Waals surface area contributed by atoms with Crippen molar-refractivity contribution >= 4 is 11.9 Å². The Morgan fingerprint density at radius 1 is 1.10 bits per heavy atom. The van der Waals surface area contributed by atoms with Crippen LogP contribution < -0.4 is 5.32 Å². The SMILES string of the molecule is CC.CC.CCCN(C)CCC1OCCc2cc(C(=O)NC(=O)N(C)C)ccc21. The molecule has 1 heterocycles. The van der Waals surface area contributed by atoms with Crippen molar-refractivity contribution in [3.63, 3.8) is 0 Å². The van der Waals surface area contributed by atoms with E-state index in [0.717, 1.165) is 43.5 Å². The van der Waals surface area contributed by atoms with Gasteiger partial charge in [0.2, 0.25) is 0 Å². The van der Waals surface area contributed by atoms with E-state index in [1.165, 1.54) is 4.90 Å². The van der Waals surface area contributed by atoms with Gasteiger partial charge in [0, 0.05) is 26.2 Å². The lowest BCUT2D eigenvalue weighted by Crippen LogP contribution is -2.38. The second-order valence-corrected chi connectivity index (χ2v) is 6.77. The van der Waals surface area contributed by atoms with E-state index in [9.17, 15) is 9.59 Å². The largest absolute Gasteiger partial charge is 0.373 e. The van der Waals surface area contributed by atoms with Crippen LogP contribution in [0.4, 0.5) is 4.79 Å². The third kappa shape index (κ3) is 8.96. The number of benzene rings is 1. The van der Waals surface area contributed by atoms with Gasteiger partial charge in [0.05, 0.1) is 12.7 Å². The average molecular weight is 408 g/mol. The van der Waals surface area contributed by atoms with Crippen LogP contribution in [0.25, 0.3) is 0 Å². The Morgan fingerprint density at radius 3 is 2.34 bits per heavy atom. The molecule has 0 aliphatic carbocycles. The summed E-state index contributed by atoms with van der Waals surface area (Å²) in [5.41, 5.74) is 2.81. The zero-order valence-electron chi connectivity index (χ0n) is 19.7. The molecule has 1 N–H and O–H groups in total.